The molecule has 0 unspecified atom stereocenters. The number of anilines is 1. The zero-order valence-electron chi connectivity index (χ0n) is 29.8. The van der Waals surface area contributed by atoms with Crippen molar-refractivity contribution in [2.45, 2.75) is 13.3 Å². The third kappa shape index (κ3) is 6.10. The summed E-state index contributed by atoms with van der Waals surface area (Å²) in [6.07, 6.45) is 0.835. The summed E-state index contributed by atoms with van der Waals surface area (Å²) >= 11 is 0. The van der Waals surface area contributed by atoms with Crippen molar-refractivity contribution in [1.29, 1.82) is 0 Å². The van der Waals surface area contributed by atoms with Crippen LogP contribution in [-0.4, -0.2) is 24.5 Å². The smallest absolute Gasteiger partial charge is 0.166 e. The fourth-order valence-electron chi connectivity index (χ4n) is 7.22. The van der Waals surface area contributed by atoms with E-state index < -0.39 is 0 Å². The van der Waals surface area contributed by atoms with Gasteiger partial charge in [0.05, 0.1) is 11.0 Å². The molecule has 0 fully saturated rings. The van der Waals surface area contributed by atoms with Gasteiger partial charge in [-0.2, -0.15) is 0 Å². The summed E-state index contributed by atoms with van der Waals surface area (Å²) in [7, 11) is 0. The van der Waals surface area contributed by atoms with Crippen LogP contribution >= 0.6 is 0 Å². The van der Waals surface area contributed by atoms with Crippen LogP contribution in [-0.2, 0) is 6.42 Å². The number of benzene rings is 7. The summed E-state index contributed by atoms with van der Waals surface area (Å²) in [5.74, 6) is 2.75. The molecule has 0 aliphatic carbocycles. The Hall–Kier alpha value is -7.18. The Bertz CT molecular complexity index is 2780. The number of hydrogen-bond donors (Lipinski definition) is 1. The van der Waals surface area contributed by atoms with Gasteiger partial charge >= 0.3 is 0 Å². The van der Waals surface area contributed by atoms with E-state index in [0.29, 0.717) is 23.2 Å². The summed E-state index contributed by atoms with van der Waals surface area (Å²) in [5, 5.41) is 0. The topological polar surface area (TPSA) is 82.5 Å². The van der Waals surface area contributed by atoms with E-state index in [0.717, 1.165) is 79.0 Å². The number of nitrogen functional groups attached to an aromatic ring is 1. The van der Waals surface area contributed by atoms with E-state index in [2.05, 4.69) is 127 Å². The van der Waals surface area contributed by atoms with Crippen molar-refractivity contribution in [1.82, 2.24) is 24.5 Å². The van der Waals surface area contributed by atoms with Gasteiger partial charge in [-0.05, 0) is 75.8 Å². The molecule has 6 heteroatoms. The van der Waals surface area contributed by atoms with Crippen molar-refractivity contribution in [3.05, 3.63) is 182 Å². The molecule has 0 bridgehead atoms. The van der Waals surface area contributed by atoms with Crippen LogP contribution in [0.5, 0.6) is 0 Å². The van der Waals surface area contributed by atoms with E-state index in [4.69, 9.17) is 25.7 Å². The number of hydrogen-bond acceptors (Lipinski definition) is 5. The first kappa shape index (κ1) is 32.7. The van der Waals surface area contributed by atoms with Crippen LogP contribution < -0.4 is 5.73 Å². The highest BCUT2D eigenvalue weighted by molar-refractivity contribution is 5.92. The Labute approximate surface area is 314 Å². The van der Waals surface area contributed by atoms with Gasteiger partial charge in [-0.3, -0.25) is 4.57 Å². The maximum Gasteiger partial charge on any atom is 0.166 e. The predicted octanol–water partition coefficient (Wildman–Crippen LogP) is 11.4. The zero-order chi connectivity index (χ0) is 36.4. The lowest BCUT2D eigenvalue weighted by atomic mass is 9.89. The molecule has 6 nitrogen and oxygen atoms in total. The second-order valence-electron chi connectivity index (χ2n) is 13.2. The minimum atomic E-state index is 0.536. The second-order valence-corrected chi connectivity index (χ2v) is 13.2. The van der Waals surface area contributed by atoms with Crippen molar-refractivity contribution in [3.8, 4) is 73.2 Å². The van der Waals surface area contributed by atoms with Crippen molar-refractivity contribution in [2.24, 2.45) is 0 Å². The highest BCUT2D eigenvalue weighted by atomic mass is 15.1. The van der Waals surface area contributed by atoms with Gasteiger partial charge in [0.15, 0.2) is 17.5 Å². The van der Waals surface area contributed by atoms with Crippen LogP contribution in [0.4, 0.5) is 5.69 Å². The molecular weight excluding hydrogens is 661 g/mol. The molecule has 0 spiro atoms. The monoisotopic (exact) mass is 696 g/mol. The second kappa shape index (κ2) is 14.1. The van der Waals surface area contributed by atoms with E-state index in [1.807, 2.05) is 60.7 Å². The molecule has 0 amide bonds. The van der Waals surface area contributed by atoms with Crippen molar-refractivity contribution < 1.29 is 0 Å². The maximum atomic E-state index is 6.42. The van der Waals surface area contributed by atoms with Crippen LogP contribution in [0, 0.1) is 0 Å². The quantitative estimate of drug-likeness (QED) is 0.160. The molecule has 9 rings (SSSR count). The standard InChI is InChI=1S/C48H36N6/c1-2-45-50-43-28-12-13-29-44(43)54(45)36-21-15-19-34(31-36)38-23-7-9-25-40(38)39-24-8-6-22-37(39)33-18-14-20-35(30-33)47-51-46(32-16-4-3-5-17-32)52-48(53-47)41-26-10-11-27-42(41)49/h3-31H,2,49H2,1H3. The molecule has 2 aromatic heterocycles. The molecule has 54 heavy (non-hydrogen) atoms. The largest absolute Gasteiger partial charge is 0.398 e. The van der Waals surface area contributed by atoms with Gasteiger partial charge in [-0.15, -0.1) is 0 Å². The van der Waals surface area contributed by atoms with Crippen LogP contribution in [0.2, 0.25) is 0 Å². The Balaban J connectivity index is 1.15. The molecule has 0 atom stereocenters. The molecule has 0 saturated carbocycles. The average Bonchev–Trinajstić information content (AvgIpc) is 3.63. The van der Waals surface area contributed by atoms with Gasteiger partial charge in [0, 0.05) is 34.5 Å². The third-order valence-electron chi connectivity index (χ3n) is 9.81. The Morgan fingerprint density at radius 3 is 1.65 bits per heavy atom. The summed E-state index contributed by atoms with van der Waals surface area (Å²) in [5.41, 5.74) is 19.6. The molecule has 0 aliphatic rings. The number of fused-ring (bicyclic) bond motifs is 1. The van der Waals surface area contributed by atoms with Gasteiger partial charge in [0.1, 0.15) is 5.82 Å². The number of rotatable bonds is 8. The lowest BCUT2D eigenvalue weighted by Gasteiger charge is -2.16. The lowest BCUT2D eigenvalue weighted by Crippen LogP contribution is -2.02. The van der Waals surface area contributed by atoms with Crippen molar-refractivity contribution in [2.75, 3.05) is 5.73 Å². The number of aromatic nitrogens is 5. The Morgan fingerprint density at radius 2 is 0.944 bits per heavy atom. The SMILES string of the molecule is CCc1nc2ccccc2n1-c1cccc(-c2ccccc2-c2ccccc2-c2cccc(-c3nc(-c4ccccc4)nc(-c4ccccc4N)n3)c2)c1. The minimum Gasteiger partial charge on any atom is -0.398 e. The minimum absolute atomic E-state index is 0.536. The van der Waals surface area contributed by atoms with Gasteiger partial charge < -0.3 is 5.73 Å². The van der Waals surface area contributed by atoms with Crippen LogP contribution in [0.1, 0.15) is 12.7 Å². The van der Waals surface area contributed by atoms with Crippen LogP contribution in [0.25, 0.3) is 84.3 Å². The van der Waals surface area contributed by atoms with Crippen molar-refractivity contribution in [3.63, 3.8) is 0 Å². The number of nitrogens with two attached hydrogens (primary N) is 1. The molecule has 9 aromatic rings. The Morgan fingerprint density at radius 1 is 0.426 bits per heavy atom. The normalized spacial score (nSPS) is 11.2. The number of para-hydroxylation sites is 3. The number of nitrogens with zero attached hydrogens (tertiary/aromatic N) is 5. The highest BCUT2D eigenvalue weighted by Crippen LogP contribution is 2.40. The first-order valence-electron chi connectivity index (χ1n) is 18.2. The maximum absolute atomic E-state index is 6.42. The molecule has 0 aliphatic heterocycles. The number of aryl methyl sites for hydroxylation is 1. The van der Waals surface area contributed by atoms with Crippen molar-refractivity contribution >= 4 is 16.7 Å². The third-order valence-corrected chi connectivity index (χ3v) is 9.81. The van der Waals surface area contributed by atoms with Crippen LogP contribution in [0.15, 0.2) is 176 Å². The van der Waals surface area contributed by atoms with E-state index in [9.17, 15) is 0 Å². The molecular formula is C48H36N6. The highest BCUT2D eigenvalue weighted by Gasteiger charge is 2.17. The lowest BCUT2D eigenvalue weighted by molar-refractivity contribution is 0.908. The first-order chi connectivity index (χ1) is 26.6. The summed E-state index contributed by atoms with van der Waals surface area (Å²) in [6, 6.07) is 60.5. The van der Waals surface area contributed by atoms with Gasteiger partial charge in [0.25, 0.3) is 0 Å². The summed E-state index contributed by atoms with van der Waals surface area (Å²) in [6.45, 7) is 2.16. The fourth-order valence-corrected chi connectivity index (χ4v) is 7.22. The van der Waals surface area contributed by atoms with E-state index >= 15 is 0 Å². The predicted molar refractivity (Wildman–Crippen MR) is 221 cm³/mol. The van der Waals surface area contributed by atoms with Gasteiger partial charge in [-0.1, -0.05) is 140 Å². The molecule has 0 radical (unpaired) electrons. The van der Waals surface area contributed by atoms with Crippen LogP contribution in [0.3, 0.4) is 0 Å². The van der Waals surface area contributed by atoms with Gasteiger partial charge in [-0.25, -0.2) is 19.9 Å². The average molecular weight is 697 g/mol. The molecule has 0 saturated heterocycles. The first-order valence-corrected chi connectivity index (χ1v) is 18.2. The number of imidazole rings is 1. The van der Waals surface area contributed by atoms with E-state index in [-0.39, 0.29) is 0 Å². The molecule has 7 aromatic carbocycles. The molecule has 2 N–H and O–H groups in total. The fraction of sp³-hybridized carbons (Fsp3) is 0.0417. The summed E-state index contributed by atoms with van der Waals surface area (Å²) in [4.78, 5) is 19.8. The van der Waals surface area contributed by atoms with E-state index in [1.54, 1.807) is 0 Å². The van der Waals surface area contributed by atoms with E-state index in [1.165, 1.54) is 0 Å². The summed E-state index contributed by atoms with van der Waals surface area (Å²) < 4.78 is 2.28. The van der Waals surface area contributed by atoms with Gasteiger partial charge in [0.2, 0.25) is 0 Å². The zero-order valence-corrected chi connectivity index (χ0v) is 29.8. The molecule has 2 heterocycles. The Kier molecular flexibility index (Phi) is 8.54. The molecule has 258 valence electrons.